The molecule has 0 bridgehead atoms. The molecule has 1 N–H and O–H groups in total. The molecule has 1 fully saturated rings. The number of methoxy groups -OCH3 is 1. The van der Waals surface area contributed by atoms with Gasteiger partial charge in [0.1, 0.15) is 18.2 Å². The fourth-order valence-electron chi connectivity index (χ4n) is 3.00. The van der Waals surface area contributed by atoms with E-state index in [9.17, 15) is 4.79 Å². The maximum Gasteiger partial charge on any atom is 0.248 e. The second-order valence-electron chi connectivity index (χ2n) is 6.03. The number of aromatic nitrogens is 4. The fourth-order valence-corrected chi connectivity index (χ4v) is 3.00. The van der Waals surface area contributed by atoms with Gasteiger partial charge in [0.05, 0.1) is 5.69 Å². The molecule has 1 amide bonds. The lowest BCUT2D eigenvalue weighted by Gasteiger charge is -2.32. The van der Waals surface area contributed by atoms with Crippen molar-refractivity contribution in [1.29, 1.82) is 0 Å². The Hall–Kier alpha value is -2.61. The highest BCUT2D eigenvalue weighted by molar-refractivity contribution is 5.77. The zero-order chi connectivity index (χ0) is 17.6. The number of aryl methyl sites for hydroxylation is 1. The van der Waals surface area contributed by atoms with Crippen molar-refractivity contribution in [2.75, 3.05) is 32.1 Å². The molecule has 1 aliphatic heterocycles. The third-order valence-corrected chi connectivity index (χ3v) is 4.12. The SMILES string of the molecule is COCC(=O)N1CCC[C@@H](c2cc(Nc3ncccn3)nc(C)n2)C1. The molecule has 8 nitrogen and oxygen atoms in total. The standard InChI is InChI=1S/C17H22N6O2/c1-12-20-14(9-15(21-12)22-17-18-6-4-7-19-17)13-5-3-8-23(10-13)16(24)11-25-2/h4,6-7,9,13H,3,5,8,10-11H2,1-2H3,(H,18,19,20,21,22)/t13-/m1/s1. The molecule has 0 aliphatic carbocycles. The summed E-state index contributed by atoms with van der Waals surface area (Å²) in [5, 5.41) is 3.10. The van der Waals surface area contributed by atoms with Gasteiger partial charge in [-0.15, -0.1) is 0 Å². The quantitative estimate of drug-likeness (QED) is 0.883. The van der Waals surface area contributed by atoms with E-state index in [-0.39, 0.29) is 18.4 Å². The van der Waals surface area contributed by atoms with Crippen molar-refractivity contribution in [2.24, 2.45) is 0 Å². The van der Waals surface area contributed by atoms with E-state index in [2.05, 4.69) is 25.3 Å². The molecule has 25 heavy (non-hydrogen) atoms. The van der Waals surface area contributed by atoms with Crippen LogP contribution in [0.1, 0.15) is 30.3 Å². The first-order chi connectivity index (χ1) is 12.2. The smallest absolute Gasteiger partial charge is 0.248 e. The number of hydrogen-bond acceptors (Lipinski definition) is 7. The van der Waals surface area contributed by atoms with Crippen molar-refractivity contribution < 1.29 is 9.53 Å². The van der Waals surface area contributed by atoms with Crippen LogP contribution >= 0.6 is 0 Å². The van der Waals surface area contributed by atoms with Gasteiger partial charge in [0.25, 0.3) is 0 Å². The van der Waals surface area contributed by atoms with Gasteiger partial charge in [-0.05, 0) is 25.8 Å². The van der Waals surface area contributed by atoms with Gasteiger partial charge in [-0.25, -0.2) is 19.9 Å². The maximum absolute atomic E-state index is 12.1. The molecular formula is C17H22N6O2. The Morgan fingerprint density at radius 1 is 1.36 bits per heavy atom. The van der Waals surface area contributed by atoms with Crippen LogP contribution in [-0.2, 0) is 9.53 Å². The van der Waals surface area contributed by atoms with E-state index in [0.29, 0.717) is 24.1 Å². The summed E-state index contributed by atoms with van der Waals surface area (Å²) in [5.41, 5.74) is 0.931. The summed E-state index contributed by atoms with van der Waals surface area (Å²) in [5.74, 6) is 2.04. The number of hydrogen-bond donors (Lipinski definition) is 1. The molecule has 0 saturated carbocycles. The van der Waals surface area contributed by atoms with Gasteiger partial charge in [0, 0.05) is 44.6 Å². The average molecular weight is 342 g/mol. The highest BCUT2D eigenvalue weighted by Crippen LogP contribution is 2.27. The molecule has 2 aromatic rings. The Morgan fingerprint density at radius 2 is 2.16 bits per heavy atom. The number of anilines is 2. The number of likely N-dealkylation sites (tertiary alicyclic amines) is 1. The molecule has 0 unspecified atom stereocenters. The van der Waals surface area contributed by atoms with Crippen molar-refractivity contribution in [3.8, 4) is 0 Å². The minimum atomic E-state index is 0.0222. The third-order valence-electron chi connectivity index (χ3n) is 4.12. The van der Waals surface area contributed by atoms with Crippen LogP contribution < -0.4 is 5.32 Å². The monoisotopic (exact) mass is 342 g/mol. The number of carbonyl (C=O) groups excluding carboxylic acids is 1. The lowest BCUT2D eigenvalue weighted by Crippen LogP contribution is -2.41. The van der Waals surface area contributed by atoms with Crippen LogP contribution in [0, 0.1) is 6.92 Å². The van der Waals surface area contributed by atoms with Gasteiger partial charge in [0.15, 0.2) is 0 Å². The van der Waals surface area contributed by atoms with Crippen LogP contribution in [0.15, 0.2) is 24.5 Å². The van der Waals surface area contributed by atoms with Crippen molar-refractivity contribution in [3.63, 3.8) is 0 Å². The zero-order valence-electron chi connectivity index (χ0n) is 14.5. The number of piperidine rings is 1. The Bertz CT molecular complexity index is 724. The Labute approximate surface area is 146 Å². The van der Waals surface area contributed by atoms with E-state index >= 15 is 0 Å². The molecule has 3 heterocycles. The highest BCUT2D eigenvalue weighted by Gasteiger charge is 2.26. The first kappa shape index (κ1) is 17.2. The minimum Gasteiger partial charge on any atom is -0.375 e. The van der Waals surface area contributed by atoms with E-state index < -0.39 is 0 Å². The maximum atomic E-state index is 12.1. The van der Waals surface area contributed by atoms with Gasteiger partial charge in [-0.3, -0.25) is 4.79 Å². The molecule has 0 radical (unpaired) electrons. The summed E-state index contributed by atoms with van der Waals surface area (Å²) in [4.78, 5) is 31.2. The summed E-state index contributed by atoms with van der Waals surface area (Å²) in [6.07, 6.45) is 5.29. The van der Waals surface area contributed by atoms with Gasteiger partial charge in [-0.1, -0.05) is 0 Å². The van der Waals surface area contributed by atoms with E-state index in [0.717, 1.165) is 25.1 Å². The number of nitrogens with zero attached hydrogens (tertiary/aromatic N) is 5. The molecule has 8 heteroatoms. The summed E-state index contributed by atoms with van der Waals surface area (Å²) in [6, 6.07) is 3.67. The second kappa shape index (κ2) is 7.98. The molecule has 1 saturated heterocycles. The molecule has 0 aromatic carbocycles. The third kappa shape index (κ3) is 4.48. The zero-order valence-corrected chi connectivity index (χ0v) is 14.5. The normalized spacial score (nSPS) is 17.4. The number of carbonyl (C=O) groups is 1. The Balaban J connectivity index is 1.76. The molecule has 1 atom stereocenters. The van der Waals surface area contributed by atoms with Crippen LogP contribution in [-0.4, -0.2) is 57.5 Å². The van der Waals surface area contributed by atoms with Gasteiger partial charge >= 0.3 is 0 Å². The second-order valence-corrected chi connectivity index (χ2v) is 6.03. The molecule has 2 aromatic heterocycles. The van der Waals surface area contributed by atoms with E-state index in [4.69, 9.17) is 4.74 Å². The van der Waals surface area contributed by atoms with E-state index in [1.807, 2.05) is 17.9 Å². The number of rotatable bonds is 5. The number of nitrogens with one attached hydrogen (secondary N) is 1. The Kier molecular flexibility index (Phi) is 5.49. The van der Waals surface area contributed by atoms with Crippen LogP contribution in [0.4, 0.5) is 11.8 Å². The minimum absolute atomic E-state index is 0.0222. The first-order valence-corrected chi connectivity index (χ1v) is 8.32. The molecular weight excluding hydrogens is 320 g/mol. The topological polar surface area (TPSA) is 93.1 Å². The molecule has 0 spiro atoms. The van der Waals surface area contributed by atoms with Crippen LogP contribution in [0.3, 0.4) is 0 Å². The van der Waals surface area contributed by atoms with Crippen molar-refractivity contribution in [2.45, 2.75) is 25.7 Å². The van der Waals surface area contributed by atoms with Crippen molar-refractivity contribution in [1.82, 2.24) is 24.8 Å². The fraction of sp³-hybridized carbons (Fsp3) is 0.471. The predicted molar refractivity (Wildman–Crippen MR) is 92.5 cm³/mol. The van der Waals surface area contributed by atoms with Gasteiger partial charge in [-0.2, -0.15) is 0 Å². The summed E-state index contributed by atoms with van der Waals surface area (Å²) < 4.78 is 4.96. The van der Waals surface area contributed by atoms with Crippen LogP contribution in [0.25, 0.3) is 0 Å². The Morgan fingerprint density at radius 3 is 2.92 bits per heavy atom. The van der Waals surface area contributed by atoms with Gasteiger partial charge in [0.2, 0.25) is 11.9 Å². The van der Waals surface area contributed by atoms with Crippen LogP contribution in [0.2, 0.25) is 0 Å². The van der Waals surface area contributed by atoms with E-state index in [1.54, 1.807) is 18.5 Å². The summed E-state index contributed by atoms with van der Waals surface area (Å²) >= 11 is 0. The number of amides is 1. The molecule has 132 valence electrons. The first-order valence-electron chi connectivity index (χ1n) is 8.32. The van der Waals surface area contributed by atoms with Gasteiger partial charge < -0.3 is 15.0 Å². The lowest BCUT2D eigenvalue weighted by atomic mass is 9.94. The summed E-state index contributed by atoms with van der Waals surface area (Å²) in [7, 11) is 1.54. The predicted octanol–water partition coefficient (Wildman–Crippen LogP) is 1.67. The lowest BCUT2D eigenvalue weighted by molar-refractivity contribution is -0.136. The molecule has 3 rings (SSSR count). The highest BCUT2D eigenvalue weighted by atomic mass is 16.5. The average Bonchev–Trinajstić information content (AvgIpc) is 2.62. The largest absolute Gasteiger partial charge is 0.375 e. The number of ether oxygens (including phenoxy) is 1. The molecule has 1 aliphatic rings. The van der Waals surface area contributed by atoms with Crippen LogP contribution in [0.5, 0.6) is 0 Å². The summed E-state index contributed by atoms with van der Waals surface area (Å²) in [6.45, 7) is 3.40. The van der Waals surface area contributed by atoms with E-state index in [1.165, 1.54) is 7.11 Å². The van der Waals surface area contributed by atoms with Crippen molar-refractivity contribution >= 4 is 17.7 Å². The van der Waals surface area contributed by atoms with Crippen molar-refractivity contribution in [3.05, 3.63) is 36.0 Å².